The summed E-state index contributed by atoms with van der Waals surface area (Å²) in [7, 11) is 8.39. The summed E-state index contributed by atoms with van der Waals surface area (Å²) >= 11 is 0. The van der Waals surface area contributed by atoms with Gasteiger partial charge in [0, 0.05) is 82.5 Å². The predicted molar refractivity (Wildman–Crippen MR) is 220 cm³/mol. The van der Waals surface area contributed by atoms with Crippen LogP contribution in [0.4, 0.5) is 0 Å². The Bertz CT molecular complexity index is 1580. The van der Waals surface area contributed by atoms with Gasteiger partial charge in [-0.3, -0.25) is 4.79 Å². The molecule has 7 unspecified atom stereocenters. The van der Waals surface area contributed by atoms with Crippen LogP contribution >= 0.6 is 0 Å². The van der Waals surface area contributed by atoms with Gasteiger partial charge in [-0.15, -0.1) is 0 Å². The molecule has 3 N–H and O–H groups in total. The second kappa shape index (κ2) is 18.3. The summed E-state index contributed by atoms with van der Waals surface area (Å²) in [6.07, 6.45) is 9.99. The van der Waals surface area contributed by atoms with Crippen molar-refractivity contribution in [2.24, 2.45) is 34.5 Å². The van der Waals surface area contributed by atoms with E-state index in [0.29, 0.717) is 24.9 Å². The lowest BCUT2D eigenvalue weighted by molar-refractivity contribution is -0.321. The first kappa shape index (κ1) is 44.9. The summed E-state index contributed by atoms with van der Waals surface area (Å²) in [4.78, 5) is 30.8. The van der Waals surface area contributed by atoms with Crippen molar-refractivity contribution in [1.29, 1.82) is 0 Å². The van der Waals surface area contributed by atoms with Gasteiger partial charge in [0.25, 0.3) is 0 Å². The van der Waals surface area contributed by atoms with E-state index in [1.165, 1.54) is 64.9 Å². The van der Waals surface area contributed by atoms with Gasteiger partial charge in [0.15, 0.2) is 5.60 Å². The number of carbonyl (C=O) groups is 2. The first-order valence-electron chi connectivity index (χ1n) is 22.8. The van der Waals surface area contributed by atoms with Gasteiger partial charge < -0.3 is 48.6 Å². The topological polar surface area (TPSA) is 153 Å². The highest BCUT2D eigenvalue weighted by atomic mass is 16.6. The van der Waals surface area contributed by atoms with Gasteiger partial charge in [0.1, 0.15) is 23.9 Å². The number of carbonyl (C=O) groups excluding carboxylic acids is 2. The molecule has 12 heteroatoms. The van der Waals surface area contributed by atoms with Gasteiger partial charge in [0.05, 0.1) is 30.5 Å². The molecular weight excluding hydrogens is 755 g/mol. The minimum Gasteiger partial charge on any atom is -0.455 e. The highest BCUT2D eigenvalue weighted by Gasteiger charge is 2.92. The number of likely N-dealkylation sites (tertiary alicyclic amines) is 1. The van der Waals surface area contributed by atoms with Crippen molar-refractivity contribution in [2.75, 3.05) is 48.6 Å². The summed E-state index contributed by atoms with van der Waals surface area (Å²) in [5.41, 5.74) is -4.82. The normalized spacial score (nSPS) is 41.5. The molecule has 1 aromatic carbocycles. The number of esters is 2. The zero-order valence-corrected chi connectivity index (χ0v) is 36.5. The zero-order chi connectivity index (χ0) is 42.2. The molecule has 5 saturated carbocycles. The molecule has 59 heavy (non-hydrogen) atoms. The molecule has 5 aliphatic carbocycles. The van der Waals surface area contributed by atoms with Crippen LogP contribution in [-0.4, -0.2) is 135 Å². The Kier molecular flexibility index (Phi) is 13.9. The number of fused-ring (bicyclic) bond motifs is 2. The SMILES string of the molecule is CCCCCCCCCCCCCCCC(=O)O[C@]12C3C(OC(=O)c4ccccc4)C(O)(CC3[C@@]34C5C1[C@@H](OC)C3[C@](COC)(CN5C)[C@@H](O)C[C@@H]4OC)[C@@H](OC)[C@@H]2O. The second-order valence-electron chi connectivity index (χ2n) is 19.1. The van der Waals surface area contributed by atoms with Crippen LogP contribution < -0.4 is 0 Å². The lowest BCUT2D eigenvalue weighted by Gasteiger charge is -2.70. The van der Waals surface area contributed by atoms with Crippen molar-refractivity contribution in [1.82, 2.24) is 4.90 Å². The molecule has 7 rings (SSSR count). The fraction of sp³-hybridized carbons (Fsp3) is 0.830. The molecule has 332 valence electrons. The van der Waals surface area contributed by atoms with Crippen molar-refractivity contribution >= 4 is 11.9 Å². The lowest BCUT2D eigenvalue weighted by Crippen LogP contribution is -2.81. The maximum Gasteiger partial charge on any atom is 0.338 e. The average molecular weight is 828 g/mol. The Balaban J connectivity index is 1.21. The monoisotopic (exact) mass is 828 g/mol. The van der Waals surface area contributed by atoms with E-state index < -0.39 is 88.3 Å². The summed E-state index contributed by atoms with van der Waals surface area (Å²) in [5, 5.41) is 38.1. The van der Waals surface area contributed by atoms with Crippen molar-refractivity contribution < 1.29 is 53.3 Å². The number of hydrogen-bond donors (Lipinski definition) is 3. The number of piperidine rings is 1. The third-order valence-corrected chi connectivity index (χ3v) is 16.3. The third kappa shape index (κ3) is 7.02. The van der Waals surface area contributed by atoms with Crippen molar-refractivity contribution in [3.05, 3.63) is 35.9 Å². The fourth-order valence-corrected chi connectivity index (χ4v) is 14.5. The third-order valence-electron chi connectivity index (χ3n) is 16.3. The largest absolute Gasteiger partial charge is 0.455 e. The predicted octanol–water partition coefficient (Wildman–Crippen LogP) is 5.72. The van der Waals surface area contributed by atoms with Crippen molar-refractivity contribution in [3.8, 4) is 0 Å². The molecule has 0 aromatic heterocycles. The molecule has 0 amide bonds. The van der Waals surface area contributed by atoms with Crippen LogP contribution in [0, 0.1) is 34.5 Å². The van der Waals surface area contributed by atoms with E-state index in [9.17, 15) is 24.9 Å². The molecule has 1 aliphatic heterocycles. The number of unbranched alkanes of at least 4 members (excludes halogenated alkanes) is 12. The van der Waals surface area contributed by atoms with E-state index in [0.717, 1.165) is 19.3 Å². The highest BCUT2D eigenvalue weighted by Crippen LogP contribution is 2.80. The molecule has 6 aliphatic rings. The van der Waals surface area contributed by atoms with E-state index in [-0.39, 0.29) is 31.4 Å². The van der Waals surface area contributed by atoms with Crippen LogP contribution in [-0.2, 0) is 33.2 Å². The number of aliphatic hydroxyl groups is 3. The van der Waals surface area contributed by atoms with Crippen LogP contribution in [0.3, 0.4) is 0 Å². The van der Waals surface area contributed by atoms with Crippen LogP contribution in [0.2, 0.25) is 0 Å². The Hall–Kier alpha value is -2.16. The number of methoxy groups -OCH3 is 4. The van der Waals surface area contributed by atoms with Gasteiger partial charge >= 0.3 is 11.9 Å². The molecule has 1 aromatic rings. The summed E-state index contributed by atoms with van der Waals surface area (Å²) < 4.78 is 38.5. The first-order chi connectivity index (χ1) is 28.5. The maximum atomic E-state index is 14.5. The van der Waals surface area contributed by atoms with Gasteiger partial charge in [-0.25, -0.2) is 4.79 Å². The Labute approximate surface area is 352 Å². The Morgan fingerprint density at radius 3 is 2.02 bits per heavy atom. The molecule has 7 bridgehead atoms. The zero-order valence-electron chi connectivity index (χ0n) is 36.5. The highest BCUT2D eigenvalue weighted by molar-refractivity contribution is 5.89. The minimum absolute atomic E-state index is 0.0845. The van der Waals surface area contributed by atoms with Crippen LogP contribution in [0.15, 0.2) is 30.3 Å². The van der Waals surface area contributed by atoms with Crippen LogP contribution in [0.5, 0.6) is 0 Å². The Morgan fingerprint density at radius 2 is 1.44 bits per heavy atom. The molecule has 1 heterocycles. The van der Waals surface area contributed by atoms with Crippen molar-refractivity contribution in [3.63, 3.8) is 0 Å². The summed E-state index contributed by atoms with van der Waals surface area (Å²) in [5.74, 6) is -3.48. The van der Waals surface area contributed by atoms with E-state index in [4.69, 9.17) is 28.4 Å². The van der Waals surface area contributed by atoms with Crippen molar-refractivity contribution in [2.45, 2.75) is 164 Å². The van der Waals surface area contributed by atoms with E-state index >= 15 is 0 Å². The van der Waals surface area contributed by atoms with Crippen LogP contribution in [0.1, 0.15) is 120 Å². The van der Waals surface area contributed by atoms with Gasteiger partial charge in [0.2, 0.25) is 0 Å². The number of ether oxygens (including phenoxy) is 6. The number of nitrogens with zero attached hydrogens (tertiary/aromatic N) is 1. The summed E-state index contributed by atoms with van der Waals surface area (Å²) in [6.45, 7) is 2.97. The van der Waals surface area contributed by atoms with Crippen LogP contribution in [0.25, 0.3) is 0 Å². The van der Waals surface area contributed by atoms with E-state index in [2.05, 4.69) is 11.8 Å². The lowest BCUT2D eigenvalue weighted by atomic mass is 9.42. The number of benzene rings is 1. The molecule has 12 nitrogen and oxygen atoms in total. The van der Waals surface area contributed by atoms with Gasteiger partial charge in [-0.1, -0.05) is 102 Å². The quantitative estimate of drug-likeness (QED) is 0.0969. The number of aliphatic hydroxyl groups excluding tert-OH is 2. The van der Waals surface area contributed by atoms with Gasteiger partial charge in [-0.05, 0) is 37.9 Å². The molecule has 15 atom stereocenters. The maximum absolute atomic E-state index is 14.5. The average Bonchev–Trinajstić information content (AvgIpc) is 3.62. The molecule has 0 radical (unpaired) electrons. The molecule has 1 saturated heterocycles. The number of hydrogen-bond acceptors (Lipinski definition) is 12. The first-order valence-corrected chi connectivity index (χ1v) is 22.8. The smallest absolute Gasteiger partial charge is 0.338 e. The standard InChI is InChI=1S/C47H73NO11/c1-7-8-9-10-11-12-13-14-15-16-17-18-22-25-34(50)59-47-35-31(27-45(53,42(57-6)40(47)51)41(35)58-43(52)30-23-20-19-21-24-30)46-33(55-4)26-32(49)44(29-54-3)28-48(2)39(46)36(47)37(56-5)38(44)46/h19-21,23-24,31-33,35-42,49,51,53H,7-18,22,25-29H2,1-6H3/t31?,32-,33-,35?,36?,37+,38?,39?,40-,41?,42-,44-,45?,46-,47+/m0/s1. The summed E-state index contributed by atoms with van der Waals surface area (Å²) in [6, 6.07) is 8.29. The molecular formula is C47H73NO11. The Morgan fingerprint density at radius 1 is 0.814 bits per heavy atom. The molecule has 1 spiro atoms. The fourth-order valence-electron chi connectivity index (χ4n) is 14.5. The number of rotatable bonds is 22. The second-order valence-corrected chi connectivity index (χ2v) is 19.1. The minimum atomic E-state index is -1.84. The molecule has 6 fully saturated rings. The van der Waals surface area contributed by atoms with E-state index in [1.807, 2.05) is 13.1 Å². The van der Waals surface area contributed by atoms with E-state index in [1.54, 1.807) is 45.6 Å². The van der Waals surface area contributed by atoms with Gasteiger partial charge in [-0.2, -0.15) is 0 Å².